The second kappa shape index (κ2) is 9.58. The Balaban J connectivity index is 1.74. The van der Waals surface area contributed by atoms with Crippen LogP contribution in [0.25, 0.3) is 0 Å². The Labute approximate surface area is 163 Å². The first kappa shape index (κ1) is 19.5. The third kappa shape index (κ3) is 4.90. The van der Waals surface area contributed by atoms with E-state index in [2.05, 4.69) is 28.4 Å². The first-order valence-electron chi connectivity index (χ1n) is 8.70. The van der Waals surface area contributed by atoms with Gasteiger partial charge in [0.1, 0.15) is 0 Å². The van der Waals surface area contributed by atoms with E-state index in [1.54, 1.807) is 25.6 Å². The zero-order valence-electron chi connectivity index (χ0n) is 15.2. The molecule has 1 aromatic heterocycles. The number of ether oxygens (including phenoxy) is 3. The van der Waals surface area contributed by atoms with E-state index in [0.717, 1.165) is 55.2 Å². The van der Waals surface area contributed by atoms with Crippen molar-refractivity contribution >= 4 is 22.9 Å². The summed E-state index contributed by atoms with van der Waals surface area (Å²) >= 11 is 7.64. The number of benzene rings is 1. The van der Waals surface area contributed by atoms with Gasteiger partial charge in [-0.25, -0.2) is 0 Å². The van der Waals surface area contributed by atoms with E-state index in [1.165, 1.54) is 10.4 Å². The molecule has 1 saturated heterocycles. The van der Waals surface area contributed by atoms with Crippen LogP contribution in [0.1, 0.15) is 16.5 Å². The highest BCUT2D eigenvalue weighted by Gasteiger charge is 2.23. The SMILES string of the molecule is COc1ccc(C(CNCc2ccc(Cl)s2)N2CCOCC2)cc1OC. The maximum absolute atomic E-state index is 6.02. The van der Waals surface area contributed by atoms with Gasteiger partial charge < -0.3 is 19.5 Å². The zero-order chi connectivity index (χ0) is 18.4. The molecule has 0 bridgehead atoms. The Morgan fingerprint density at radius 1 is 1.15 bits per heavy atom. The van der Waals surface area contributed by atoms with Crippen LogP contribution >= 0.6 is 22.9 Å². The van der Waals surface area contributed by atoms with Gasteiger partial charge in [-0.05, 0) is 29.8 Å². The molecule has 2 heterocycles. The van der Waals surface area contributed by atoms with Gasteiger partial charge in [0, 0.05) is 37.1 Å². The largest absolute Gasteiger partial charge is 0.493 e. The van der Waals surface area contributed by atoms with Crippen LogP contribution in [-0.4, -0.2) is 52.0 Å². The molecular weight excluding hydrogens is 372 g/mol. The van der Waals surface area contributed by atoms with Crippen molar-refractivity contribution in [1.29, 1.82) is 0 Å². The van der Waals surface area contributed by atoms with Crippen LogP contribution in [0.3, 0.4) is 0 Å². The number of hydrogen-bond donors (Lipinski definition) is 1. The van der Waals surface area contributed by atoms with Crippen molar-refractivity contribution < 1.29 is 14.2 Å². The molecule has 1 N–H and O–H groups in total. The third-order valence-corrected chi connectivity index (χ3v) is 5.78. The molecule has 0 aliphatic carbocycles. The van der Waals surface area contributed by atoms with Crippen LogP contribution < -0.4 is 14.8 Å². The van der Waals surface area contributed by atoms with E-state index >= 15 is 0 Å². The number of thiophene rings is 1. The fraction of sp³-hybridized carbons (Fsp3) is 0.474. The Bertz CT molecular complexity index is 704. The van der Waals surface area contributed by atoms with Gasteiger partial charge in [0.2, 0.25) is 0 Å². The Hall–Kier alpha value is -1.31. The number of rotatable bonds is 8. The standard InChI is InChI=1S/C19H25ClN2O3S/c1-23-17-5-3-14(11-18(17)24-2)16(22-7-9-25-10-8-22)13-21-12-15-4-6-19(20)26-15/h3-6,11,16,21H,7-10,12-13H2,1-2H3. The molecule has 142 valence electrons. The molecule has 1 atom stereocenters. The average molecular weight is 397 g/mol. The average Bonchev–Trinajstić information content (AvgIpc) is 3.10. The van der Waals surface area contributed by atoms with E-state index in [9.17, 15) is 0 Å². The highest BCUT2D eigenvalue weighted by atomic mass is 35.5. The molecule has 1 aliphatic heterocycles. The summed E-state index contributed by atoms with van der Waals surface area (Å²) in [6, 6.07) is 10.4. The fourth-order valence-electron chi connectivity index (χ4n) is 3.19. The maximum Gasteiger partial charge on any atom is 0.161 e. The maximum atomic E-state index is 6.02. The van der Waals surface area contributed by atoms with Crippen LogP contribution in [0.4, 0.5) is 0 Å². The van der Waals surface area contributed by atoms with Crippen LogP contribution in [-0.2, 0) is 11.3 Å². The summed E-state index contributed by atoms with van der Waals surface area (Å²) in [4.78, 5) is 3.70. The lowest BCUT2D eigenvalue weighted by molar-refractivity contribution is 0.0160. The number of halogens is 1. The predicted molar refractivity (Wildman–Crippen MR) is 106 cm³/mol. The molecule has 0 radical (unpaired) electrons. The number of hydrogen-bond acceptors (Lipinski definition) is 6. The van der Waals surface area contributed by atoms with E-state index in [-0.39, 0.29) is 6.04 Å². The number of methoxy groups -OCH3 is 2. The summed E-state index contributed by atoms with van der Waals surface area (Å²) in [7, 11) is 3.33. The molecule has 7 heteroatoms. The molecule has 1 aromatic carbocycles. The molecule has 1 fully saturated rings. The van der Waals surface area contributed by atoms with E-state index in [4.69, 9.17) is 25.8 Å². The van der Waals surface area contributed by atoms with Crippen molar-refractivity contribution in [3.05, 3.63) is 45.1 Å². The van der Waals surface area contributed by atoms with Gasteiger partial charge in [-0.15, -0.1) is 11.3 Å². The van der Waals surface area contributed by atoms with Gasteiger partial charge in [-0.1, -0.05) is 17.7 Å². The number of nitrogens with one attached hydrogen (secondary N) is 1. The Morgan fingerprint density at radius 3 is 2.58 bits per heavy atom. The van der Waals surface area contributed by atoms with Crippen molar-refractivity contribution in [3.63, 3.8) is 0 Å². The zero-order valence-corrected chi connectivity index (χ0v) is 16.7. The summed E-state index contributed by atoms with van der Waals surface area (Å²) in [6.07, 6.45) is 0. The van der Waals surface area contributed by atoms with Crippen molar-refractivity contribution in [2.75, 3.05) is 47.1 Å². The second-order valence-corrected chi connectivity index (χ2v) is 7.91. The number of nitrogens with zero attached hydrogens (tertiary/aromatic N) is 1. The minimum Gasteiger partial charge on any atom is -0.493 e. The van der Waals surface area contributed by atoms with Crippen molar-refractivity contribution in [1.82, 2.24) is 10.2 Å². The lowest BCUT2D eigenvalue weighted by Gasteiger charge is -2.35. The molecule has 26 heavy (non-hydrogen) atoms. The summed E-state index contributed by atoms with van der Waals surface area (Å²) < 4.78 is 17.2. The van der Waals surface area contributed by atoms with Crippen molar-refractivity contribution in [2.24, 2.45) is 0 Å². The molecule has 0 saturated carbocycles. The summed E-state index contributed by atoms with van der Waals surface area (Å²) in [5.74, 6) is 1.51. The van der Waals surface area contributed by atoms with Gasteiger partial charge in [0.15, 0.2) is 11.5 Å². The normalized spacial score (nSPS) is 16.4. The van der Waals surface area contributed by atoms with Crippen LogP contribution in [0, 0.1) is 0 Å². The van der Waals surface area contributed by atoms with Crippen molar-refractivity contribution in [3.8, 4) is 11.5 Å². The molecule has 1 unspecified atom stereocenters. The summed E-state index contributed by atoms with van der Waals surface area (Å²) in [5.41, 5.74) is 1.21. The minimum absolute atomic E-state index is 0.245. The highest BCUT2D eigenvalue weighted by molar-refractivity contribution is 7.16. The molecule has 1 aliphatic rings. The van der Waals surface area contributed by atoms with Crippen LogP contribution in [0.5, 0.6) is 11.5 Å². The van der Waals surface area contributed by atoms with Gasteiger partial charge >= 0.3 is 0 Å². The predicted octanol–water partition coefficient (Wildman–Crippen LogP) is 3.58. The first-order valence-corrected chi connectivity index (χ1v) is 9.89. The molecular formula is C19H25ClN2O3S. The summed E-state index contributed by atoms with van der Waals surface area (Å²) in [6.45, 7) is 5.03. The van der Waals surface area contributed by atoms with Gasteiger partial charge in [-0.2, -0.15) is 0 Å². The smallest absolute Gasteiger partial charge is 0.161 e. The topological polar surface area (TPSA) is 43.0 Å². The fourth-order valence-corrected chi connectivity index (χ4v) is 4.24. The third-order valence-electron chi connectivity index (χ3n) is 4.54. The lowest BCUT2D eigenvalue weighted by Crippen LogP contribution is -2.42. The van der Waals surface area contributed by atoms with E-state index in [0.29, 0.717) is 0 Å². The van der Waals surface area contributed by atoms with Crippen LogP contribution in [0.2, 0.25) is 4.34 Å². The van der Waals surface area contributed by atoms with E-state index < -0.39 is 0 Å². The highest BCUT2D eigenvalue weighted by Crippen LogP contribution is 2.32. The quantitative estimate of drug-likeness (QED) is 0.738. The summed E-state index contributed by atoms with van der Waals surface area (Å²) in [5, 5.41) is 3.57. The minimum atomic E-state index is 0.245. The second-order valence-electron chi connectivity index (χ2n) is 6.12. The van der Waals surface area contributed by atoms with Crippen LogP contribution in [0.15, 0.2) is 30.3 Å². The molecule has 0 amide bonds. The monoisotopic (exact) mass is 396 g/mol. The lowest BCUT2D eigenvalue weighted by atomic mass is 10.0. The van der Waals surface area contributed by atoms with Crippen molar-refractivity contribution in [2.45, 2.75) is 12.6 Å². The van der Waals surface area contributed by atoms with Gasteiger partial charge in [0.25, 0.3) is 0 Å². The Kier molecular flexibility index (Phi) is 7.16. The van der Waals surface area contributed by atoms with E-state index in [1.807, 2.05) is 12.1 Å². The molecule has 3 rings (SSSR count). The number of morpholine rings is 1. The molecule has 5 nitrogen and oxygen atoms in total. The van der Waals surface area contributed by atoms with Gasteiger partial charge in [-0.3, -0.25) is 4.90 Å². The van der Waals surface area contributed by atoms with Gasteiger partial charge in [0.05, 0.1) is 31.8 Å². The first-order chi connectivity index (χ1) is 12.7. The Morgan fingerprint density at radius 2 is 1.92 bits per heavy atom. The molecule has 0 spiro atoms. The molecule has 2 aromatic rings.